The third kappa shape index (κ3) is 10.6. The molecule has 2 atom stereocenters. The number of carbonyl (C=O) groups is 2. The highest BCUT2D eigenvalue weighted by Crippen LogP contribution is 2.19. The summed E-state index contributed by atoms with van der Waals surface area (Å²) >= 11 is 5.89. The second kappa shape index (κ2) is 13.5. The van der Waals surface area contributed by atoms with Gasteiger partial charge in [-0.25, -0.2) is 9.59 Å². The summed E-state index contributed by atoms with van der Waals surface area (Å²) in [6, 6.07) is 7.66. The smallest absolute Gasteiger partial charge is 0.414 e. The number of piperazine rings is 1. The first-order valence-corrected chi connectivity index (χ1v) is 10.1. The van der Waals surface area contributed by atoms with E-state index >= 15 is 0 Å². The minimum Gasteiger partial charge on any atom is -0.473 e. The number of benzene rings is 1. The van der Waals surface area contributed by atoms with Crippen LogP contribution < -0.4 is 0 Å². The third-order valence-electron chi connectivity index (χ3n) is 4.53. The number of rotatable bonds is 8. The molecule has 0 radical (unpaired) electrons. The maximum Gasteiger partial charge on any atom is 0.414 e. The molecule has 164 valence electrons. The standard InChI is InChI=1S/C18H29ClN2O2.C2H2O4/c1-3-8-20-9-11-21(12-10-20)13-18(22)14-23-15(2)16-4-6-17(19)7-5-16;3-1(4)2(5)6/h4-7,15,18,22H,3,8-14H2,1-2H3;(H,3,4)(H,5,6). The molecule has 1 heterocycles. The Labute approximate surface area is 176 Å². The van der Waals surface area contributed by atoms with Gasteiger partial charge in [-0.05, 0) is 37.6 Å². The van der Waals surface area contributed by atoms with Crippen LogP contribution >= 0.6 is 11.6 Å². The number of carboxylic acids is 2. The molecule has 0 aromatic heterocycles. The van der Waals surface area contributed by atoms with Gasteiger partial charge in [0.15, 0.2) is 0 Å². The molecule has 0 spiro atoms. The first-order valence-electron chi connectivity index (χ1n) is 9.69. The Morgan fingerprint density at radius 2 is 1.59 bits per heavy atom. The maximum atomic E-state index is 10.2. The van der Waals surface area contributed by atoms with Crippen LogP contribution in [0.2, 0.25) is 5.02 Å². The Morgan fingerprint density at radius 1 is 1.07 bits per heavy atom. The SMILES string of the molecule is CCCN1CCN(CC(O)COC(C)c2ccc(Cl)cc2)CC1.O=C(O)C(=O)O. The van der Waals surface area contributed by atoms with E-state index in [1.54, 1.807) is 0 Å². The summed E-state index contributed by atoms with van der Waals surface area (Å²) in [7, 11) is 0. The van der Waals surface area contributed by atoms with Crippen LogP contribution in [-0.2, 0) is 14.3 Å². The molecule has 2 rings (SSSR count). The predicted molar refractivity (Wildman–Crippen MR) is 110 cm³/mol. The van der Waals surface area contributed by atoms with Crippen molar-refractivity contribution in [2.24, 2.45) is 0 Å². The van der Waals surface area contributed by atoms with Crippen LogP contribution in [0, 0.1) is 0 Å². The Hall–Kier alpha value is -1.71. The number of halogens is 1. The summed E-state index contributed by atoms with van der Waals surface area (Å²) in [5.41, 5.74) is 1.08. The van der Waals surface area contributed by atoms with Crippen molar-refractivity contribution in [3.05, 3.63) is 34.9 Å². The van der Waals surface area contributed by atoms with Crippen molar-refractivity contribution in [1.82, 2.24) is 9.80 Å². The number of hydrogen-bond acceptors (Lipinski definition) is 6. The lowest BCUT2D eigenvalue weighted by Crippen LogP contribution is -2.49. The van der Waals surface area contributed by atoms with E-state index < -0.39 is 18.0 Å². The van der Waals surface area contributed by atoms with Gasteiger partial charge in [0, 0.05) is 37.7 Å². The maximum absolute atomic E-state index is 10.2. The van der Waals surface area contributed by atoms with Crippen LogP contribution in [0.1, 0.15) is 31.9 Å². The predicted octanol–water partition coefficient (Wildman–Crippen LogP) is 1.96. The number of ether oxygens (including phenoxy) is 1. The van der Waals surface area contributed by atoms with Gasteiger partial charge < -0.3 is 25.0 Å². The molecule has 0 aliphatic carbocycles. The fourth-order valence-corrected chi connectivity index (χ4v) is 3.07. The highest BCUT2D eigenvalue weighted by molar-refractivity contribution is 6.30. The van der Waals surface area contributed by atoms with Crippen LogP contribution in [0.5, 0.6) is 0 Å². The van der Waals surface area contributed by atoms with E-state index in [2.05, 4.69) is 16.7 Å². The van der Waals surface area contributed by atoms with Crippen LogP contribution in [-0.4, -0.2) is 89.0 Å². The van der Waals surface area contributed by atoms with Gasteiger partial charge in [0.1, 0.15) is 0 Å². The van der Waals surface area contributed by atoms with E-state index in [0.717, 1.165) is 36.8 Å². The monoisotopic (exact) mass is 430 g/mol. The number of β-amino-alcohol motifs (C(OH)–C–C–N with tert-alkyl or cyclic N) is 1. The van der Waals surface area contributed by atoms with Gasteiger partial charge in [0.05, 0.1) is 18.8 Å². The third-order valence-corrected chi connectivity index (χ3v) is 4.79. The molecule has 1 fully saturated rings. The second-order valence-corrected chi connectivity index (χ2v) is 7.37. The molecule has 1 aromatic rings. The number of carboxylic acid groups (broad SMARTS) is 2. The molecule has 1 aromatic carbocycles. The molecule has 1 saturated heterocycles. The quantitative estimate of drug-likeness (QED) is 0.537. The molecule has 2 unspecified atom stereocenters. The lowest BCUT2D eigenvalue weighted by molar-refractivity contribution is -0.159. The van der Waals surface area contributed by atoms with Crippen LogP contribution in [0.3, 0.4) is 0 Å². The molecule has 9 heteroatoms. The number of nitrogens with zero attached hydrogens (tertiary/aromatic N) is 2. The number of hydrogen-bond donors (Lipinski definition) is 3. The molecular formula is C20H31ClN2O6. The van der Waals surface area contributed by atoms with Crippen molar-refractivity contribution in [2.75, 3.05) is 45.9 Å². The van der Waals surface area contributed by atoms with E-state index in [1.165, 1.54) is 13.0 Å². The van der Waals surface area contributed by atoms with E-state index in [-0.39, 0.29) is 6.10 Å². The summed E-state index contributed by atoms with van der Waals surface area (Å²) in [6.07, 6.45) is 0.727. The lowest BCUT2D eigenvalue weighted by Gasteiger charge is -2.35. The summed E-state index contributed by atoms with van der Waals surface area (Å²) in [4.78, 5) is 23.0. The largest absolute Gasteiger partial charge is 0.473 e. The fraction of sp³-hybridized carbons (Fsp3) is 0.600. The van der Waals surface area contributed by atoms with E-state index in [0.29, 0.717) is 13.2 Å². The van der Waals surface area contributed by atoms with Crippen molar-refractivity contribution in [3.63, 3.8) is 0 Å². The molecular weight excluding hydrogens is 400 g/mol. The molecule has 1 aliphatic rings. The first kappa shape index (κ1) is 25.3. The van der Waals surface area contributed by atoms with Crippen LogP contribution in [0.25, 0.3) is 0 Å². The van der Waals surface area contributed by atoms with Crippen molar-refractivity contribution < 1.29 is 29.6 Å². The summed E-state index contributed by atoms with van der Waals surface area (Å²) in [5, 5.41) is 25.7. The van der Waals surface area contributed by atoms with Gasteiger partial charge >= 0.3 is 11.9 Å². The van der Waals surface area contributed by atoms with Gasteiger partial charge in [0.25, 0.3) is 0 Å². The van der Waals surface area contributed by atoms with Gasteiger partial charge in [0.2, 0.25) is 0 Å². The Kier molecular flexibility index (Phi) is 11.8. The molecule has 1 aliphatic heterocycles. The number of aliphatic hydroxyl groups excluding tert-OH is 1. The van der Waals surface area contributed by atoms with Crippen molar-refractivity contribution >= 4 is 23.5 Å². The number of aliphatic carboxylic acids is 2. The molecule has 8 nitrogen and oxygen atoms in total. The van der Waals surface area contributed by atoms with E-state index in [9.17, 15) is 5.11 Å². The van der Waals surface area contributed by atoms with Crippen molar-refractivity contribution in [2.45, 2.75) is 32.5 Å². The molecule has 0 saturated carbocycles. The first-order chi connectivity index (χ1) is 13.7. The Morgan fingerprint density at radius 3 is 2.07 bits per heavy atom. The molecule has 0 bridgehead atoms. The Balaban J connectivity index is 0.000000612. The summed E-state index contributed by atoms with van der Waals surface area (Å²) in [6.45, 7) is 10.7. The second-order valence-electron chi connectivity index (χ2n) is 6.93. The zero-order valence-electron chi connectivity index (χ0n) is 17.0. The summed E-state index contributed by atoms with van der Waals surface area (Å²) in [5.74, 6) is -3.65. The van der Waals surface area contributed by atoms with E-state index in [1.807, 2.05) is 31.2 Å². The average molecular weight is 431 g/mol. The van der Waals surface area contributed by atoms with Crippen LogP contribution in [0.15, 0.2) is 24.3 Å². The topological polar surface area (TPSA) is 111 Å². The van der Waals surface area contributed by atoms with Gasteiger partial charge in [-0.3, -0.25) is 4.90 Å². The zero-order valence-corrected chi connectivity index (χ0v) is 17.7. The van der Waals surface area contributed by atoms with E-state index in [4.69, 9.17) is 36.1 Å². The average Bonchev–Trinajstić information content (AvgIpc) is 2.69. The van der Waals surface area contributed by atoms with Gasteiger partial charge in [-0.15, -0.1) is 0 Å². The zero-order chi connectivity index (χ0) is 21.8. The molecule has 29 heavy (non-hydrogen) atoms. The fourth-order valence-electron chi connectivity index (χ4n) is 2.95. The van der Waals surface area contributed by atoms with Crippen LogP contribution in [0.4, 0.5) is 0 Å². The Bertz CT molecular complexity index is 608. The van der Waals surface area contributed by atoms with Crippen molar-refractivity contribution in [3.8, 4) is 0 Å². The van der Waals surface area contributed by atoms with Crippen molar-refractivity contribution in [1.29, 1.82) is 0 Å². The highest BCUT2D eigenvalue weighted by atomic mass is 35.5. The number of aliphatic hydroxyl groups is 1. The molecule has 3 N–H and O–H groups in total. The molecule has 0 amide bonds. The minimum absolute atomic E-state index is 0.0386. The van der Waals surface area contributed by atoms with Gasteiger partial charge in [-0.1, -0.05) is 30.7 Å². The minimum atomic E-state index is -1.82. The normalized spacial score (nSPS) is 17.1. The lowest BCUT2D eigenvalue weighted by atomic mass is 10.1. The summed E-state index contributed by atoms with van der Waals surface area (Å²) < 4.78 is 5.80. The highest BCUT2D eigenvalue weighted by Gasteiger charge is 2.19. The van der Waals surface area contributed by atoms with Gasteiger partial charge in [-0.2, -0.15) is 0 Å².